The molecular formula is C15H14N4O3. The molecule has 0 aliphatic heterocycles. The maximum absolute atomic E-state index is 12.8. The summed E-state index contributed by atoms with van der Waals surface area (Å²) in [5, 5.41) is 11.2. The fraction of sp³-hybridized carbons (Fsp3) is 0.200. The molecule has 7 nitrogen and oxygen atoms in total. The van der Waals surface area contributed by atoms with E-state index in [1.165, 1.54) is 10.5 Å². The minimum Gasteiger partial charge on any atom is -0.328 e. The third-order valence-corrected chi connectivity index (χ3v) is 3.53. The number of fused-ring (bicyclic) bond motifs is 1. The second kappa shape index (κ2) is 5.10. The lowest BCUT2D eigenvalue weighted by atomic mass is 10.0. The average Bonchev–Trinajstić information content (AvgIpc) is 2.88. The van der Waals surface area contributed by atoms with Gasteiger partial charge in [0, 0.05) is 18.0 Å². The third-order valence-electron chi connectivity index (χ3n) is 3.53. The van der Waals surface area contributed by atoms with Crippen molar-refractivity contribution < 1.29 is 4.92 Å². The highest BCUT2D eigenvalue weighted by atomic mass is 16.6. The van der Waals surface area contributed by atoms with Crippen molar-refractivity contribution in [2.75, 3.05) is 0 Å². The predicted molar refractivity (Wildman–Crippen MR) is 82.0 cm³/mol. The number of nitrogens with zero attached hydrogens (tertiary/aromatic N) is 3. The Morgan fingerprint density at radius 1 is 1.36 bits per heavy atom. The Labute approximate surface area is 125 Å². The molecule has 0 unspecified atom stereocenters. The Morgan fingerprint density at radius 2 is 2.09 bits per heavy atom. The van der Waals surface area contributed by atoms with Crippen LogP contribution < -0.4 is 5.56 Å². The van der Waals surface area contributed by atoms with E-state index >= 15 is 0 Å². The fourth-order valence-electron chi connectivity index (χ4n) is 2.56. The van der Waals surface area contributed by atoms with E-state index < -0.39 is 4.92 Å². The Bertz CT molecular complexity index is 940. The predicted octanol–water partition coefficient (Wildman–Crippen LogP) is 2.47. The zero-order valence-electron chi connectivity index (χ0n) is 12.2. The lowest BCUT2D eigenvalue weighted by molar-refractivity contribution is -0.384. The Kier molecular flexibility index (Phi) is 3.25. The van der Waals surface area contributed by atoms with E-state index in [0.29, 0.717) is 23.5 Å². The van der Waals surface area contributed by atoms with Crippen LogP contribution in [0.4, 0.5) is 5.69 Å². The van der Waals surface area contributed by atoms with Gasteiger partial charge in [-0.15, -0.1) is 0 Å². The van der Waals surface area contributed by atoms with Crippen LogP contribution in [-0.2, 0) is 6.42 Å². The largest absolute Gasteiger partial charge is 0.328 e. The molecule has 7 heteroatoms. The number of aromatic amines is 1. The summed E-state index contributed by atoms with van der Waals surface area (Å²) >= 11 is 0. The van der Waals surface area contributed by atoms with E-state index in [1.54, 1.807) is 24.4 Å². The van der Waals surface area contributed by atoms with Crippen molar-refractivity contribution in [3.63, 3.8) is 0 Å². The maximum atomic E-state index is 12.8. The number of nitro benzene ring substituents is 1. The molecule has 0 bridgehead atoms. The summed E-state index contributed by atoms with van der Waals surface area (Å²) in [5.41, 5.74) is 1.53. The summed E-state index contributed by atoms with van der Waals surface area (Å²) in [6, 6.07) is 6.24. The number of nitro groups is 1. The molecule has 22 heavy (non-hydrogen) atoms. The van der Waals surface area contributed by atoms with E-state index in [0.717, 1.165) is 5.69 Å². The topological polar surface area (TPSA) is 93.3 Å². The van der Waals surface area contributed by atoms with Crippen LogP contribution in [-0.4, -0.2) is 19.3 Å². The number of hydrogen-bond acceptors (Lipinski definition) is 4. The van der Waals surface area contributed by atoms with Crippen molar-refractivity contribution in [1.29, 1.82) is 0 Å². The van der Waals surface area contributed by atoms with Crippen LogP contribution >= 0.6 is 0 Å². The van der Waals surface area contributed by atoms with Gasteiger partial charge < -0.3 is 4.98 Å². The first-order valence-electron chi connectivity index (χ1n) is 6.87. The van der Waals surface area contributed by atoms with E-state index in [1.807, 2.05) is 13.8 Å². The van der Waals surface area contributed by atoms with Crippen LogP contribution in [0.15, 0.2) is 35.3 Å². The number of aryl methyl sites for hydroxylation is 2. The van der Waals surface area contributed by atoms with Gasteiger partial charge in [0.15, 0.2) is 0 Å². The van der Waals surface area contributed by atoms with Crippen molar-refractivity contribution >= 4 is 11.5 Å². The minimum absolute atomic E-state index is 0.0942. The fourth-order valence-corrected chi connectivity index (χ4v) is 2.56. The molecule has 0 amide bonds. The van der Waals surface area contributed by atoms with Crippen LogP contribution in [0.2, 0.25) is 0 Å². The first-order valence-corrected chi connectivity index (χ1v) is 6.87. The lowest BCUT2D eigenvalue weighted by Gasteiger charge is -2.07. The van der Waals surface area contributed by atoms with Gasteiger partial charge in [-0.05, 0) is 19.4 Å². The highest BCUT2D eigenvalue weighted by Crippen LogP contribution is 2.29. The van der Waals surface area contributed by atoms with Crippen molar-refractivity contribution in [3.05, 3.63) is 62.3 Å². The highest BCUT2D eigenvalue weighted by molar-refractivity contribution is 5.75. The molecule has 0 aliphatic rings. The number of benzene rings is 1. The first kappa shape index (κ1) is 14.0. The number of aromatic nitrogens is 3. The molecule has 0 aliphatic carbocycles. The summed E-state index contributed by atoms with van der Waals surface area (Å²) in [4.78, 5) is 31.0. The molecule has 3 rings (SSSR count). The van der Waals surface area contributed by atoms with Gasteiger partial charge in [-0.2, -0.15) is 0 Å². The molecular weight excluding hydrogens is 284 g/mol. The SMILES string of the molecule is CCc1nc2[nH]c(C)cn2c(=O)c1-c1ccccc1[N+](=O)[O-]. The van der Waals surface area contributed by atoms with Crippen LogP contribution in [0.3, 0.4) is 0 Å². The molecule has 0 atom stereocenters. The molecule has 0 saturated carbocycles. The van der Waals surface area contributed by atoms with Crippen LogP contribution in [0.25, 0.3) is 16.9 Å². The van der Waals surface area contributed by atoms with Gasteiger partial charge in [0.25, 0.3) is 11.2 Å². The summed E-state index contributed by atoms with van der Waals surface area (Å²) in [6.45, 7) is 3.69. The van der Waals surface area contributed by atoms with Crippen molar-refractivity contribution in [1.82, 2.24) is 14.4 Å². The van der Waals surface area contributed by atoms with Crippen LogP contribution in [0.1, 0.15) is 18.3 Å². The van der Waals surface area contributed by atoms with E-state index in [-0.39, 0.29) is 16.8 Å². The number of hydrogen-bond donors (Lipinski definition) is 1. The zero-order valence-corrected chi connectivity index (χ0v) is 12.2. The summed E-state index contributed by atoms with van der Waals surface area (Å²) in [5.74, 6) is 0.446. The summed E-state index contributed by atoms with van der Waals surface area (Å²) in [6.07, 6.45) is 2.15. The number of rotatable bonds is 3. The minimum atomic E-state index is -0.481. The van der Waals surface area contributed by atoms with Crippen LogP contribution in [0.5, 0.6) is 0 Å². The monoisotopic (exact) mass is 298 g/mol. The van der Waals surface area contributed by atoms with Gasteiger partial charge in [-0.1, -0.05) is 19.1 Å². The summed E-state index contributed by atoms with van der Waals surface area (Å²) < 4.78 is 1.39. The quantitative estimate of drug-likeness (QED) is 0.593. The second-order valence-corrected chi connectivity index (χ2v) is 5.00. The normalized spacial score (nSPS) is 11.0. The average molecular weight is 298 g/mol. The Hall–Kier alpha value is -2.96. The van der Waals surface area contributed by atoms with Gasteiger partial charge in [0.2, 0.25) is 5.78 Å². The molecule has 3 aromatic rings. The van der Waals surface area contributed by atoms with Crippen molar-refractivity contribution in [2.45, 2.75) is 20.3 Å². The van der Waals surface area contributed by atoms with Gasteiger partial charge >= 0.3 is 0 Å². The molecule has 2 heterocycles. The molecule has 1 N–H and O–H groups in total. The standard InChI is InChI=1S/C15H14N4O3/c1-3-11-13(10-6-4-5-7-12(10)19(21)22)14(20)18-8-9(2)16-15(18)17-11/h4-8H,3H2,1-2H3,(H,16,17). The molecule has 0 fully saturated rings. The third kappa shape index (κ3) is 2.07. The molecule has 1 aromatic carbocycles. The number of H-pyrrole nitrogens is 1. The molecule has 0 saturated heterocycles. The number of para-hydroxylation sites is 1. The smallest absolute Gasteiger partial charge is 0.277 e. The van der Waals surface area contributed by atoms with Gasteiger partial charge in [0.1, 0.15) is 0 Å². The Balaban J connectivity index is 2.43. The van der Waals surface area contributed by atoms with Gasteiger partial charge in [-0.3, -0.25) is 19.3 Å². The van der Waals surface area contributed by atoms with E-state index in [9.17, 15) is 14.9 Å². The molecule has 0 radical (unpaired) electrons. The second-order valence-electron chi connectivity index (χ2n) is 5.00. The number of nitrogens with one attached hydrogen (secondary N) is 1. The van der Waals surface area contributed by atoms with Gasteiger partial charge in [0.05, 0.1) is 21.7 Å². The van der Waals surface area contributed by atoms with E-state index in [2.05, 4.69) is 9.97 Å². The Morgan fingerprint density at radius 3 is 2.77 bits per heavy atom. The lowest BCUT2D eigenvalue weighted by Crippen LogP contribution is -2.19. The van der Waals surface area contributed by atoms with E-state index in [4.69, 9.17) is 0 Å². The zero-order chi connectivity index (χ0) is 15.9. The van der Waals surface area contributed by atoms with Crippen molar-refractivity contribution in [2.24, 2.45) is 0 Å². The van der Waals surface area contributed by atoms with Crippen molar-refractivity contribution in [3.8, 4) is 11.1 Å². The molecule has 0 spiro atoms. The van der Waals surface area contributed by atoms with Crippen LogP contribution in [0, 0.1) is 17.0 Å². The summed E-state index contributed by atoms with van der Waals surface area (Å²) in [7, 11) is 0. The molecule has 112 valence electrons. The highest BCUT2D eigenvalue weighted by Gasteiger charge is 2.22. The maximum Gasteiger partial charge on any atom is 0.277 e. The number of imidazole rings is 1. The van der Waals surface area contributed by atoms with Gasteiger partial charge in [-0.25, -0.2) is 4.98 Å². The molecule has 2 aromatic heterocycles. The first-order chi connectivity index (χ1) is 10.5.